The summed E-state index contributed by atoms with van der Waals surface area (Å²) in [5, 5.41) is 0. The maximum absolute atomic E-state index is 12.5. The van der Waals surface area contributed by atoms with Gasteiger partial charge in [0.2, 0.25) is 0 Å². The third-order valence-corrected chi connectivity index (χ3v) is 5.20. The highest BCUT2D eigenvalue weighted by molar-refractivity contribution is 9.10. The summed E-state index contributed by atoms with van der Waals surface area (Å²) in [5.41, 5.74) is 8.36. The van der Waals surface area contributed by atoms with Gasteiger partial charge in [0.25, 0.3) is 10.0 Å². The maximum Gasteiger partial charge on any atom is 0.262 e. The van der Waals surface area contributed by atoms with E-state index in [9.17, 15) is 8.42 Å². The molecular formula is C15H17BrN2O2S. The molecule has 0 fully saturated rings. The summed E-state index contributed by atoms with van der Waals surface area (Å²) in [6, 6.07) is 10.2. The number of nitrogens with one attached hydrogen (secondary N) is 1. The van der Waals surface area contributed by atoms with Gasteiger partial charge in [-0.1, -0.05) is 22.9 Å². The lowest BCUT2D eigenvalue weighted by Crippen LogP contribution is -2.15. The number of nitrogen functional groups attached to an aromatic ring is 1. The van der Waals surface area contributed by atoms with E-state index in [0.717, 1.165) is 16.5 Å². The van der Waals surface area contributed by atoms with Crippen LogP contribution in [-0.2, 0) is 16.4 Å². The molecule has 0 spiro atoms. The second-order valence-electron chi connectivity index (χ2n) is 4.79. The average molecular weight is 369 g/mol. The molecule has 21 heavy (non-hydrogen) atoms. The zero-order valence-electron chi connectivity index (χ0n) is 11.9. The monoisotopic (exact) mass is 368 g/mol. The Morgan fingerprint density at radius 1 is 1.19 bits per heavy atom. The standard InChI is InChI=1S/C15H17BrN2O2S/c1-3-11-9-12(16)4-6-14(11)18-21(19,20)15-7-5-13(17)8-10(15)2/h4-9,18H,3,17H2,1-2H3. The molecule has 6 heteroatoms. The summed E-state index contributed by atoms with van der Waals surface area (Å²) in [6.45, 7) is 3.71. The van der Waals surface area contributed by atoms with Gasteiger partial charge in [-0.05, 0) is 60.9 Å². The molecule has 112 valence electrons. The molecule has 2 aromatic rings. The fourth-order valence-corrected chi connectivity index (χ4v) is 3.87. The summed E-state index contributed by atoms with van der Waals surface area (Å²) in [4.78, 5) is 0.238. The van der Waals surface area contributed by atoms with E-state index in [4.69, 9.17) is 5.73 Å². The number of aryl methyl sites for hydroxylation is 2. The lowest BCUT2D eigenvalue weighted by molar-refractivity contribution is 0.600. The van der Waals surface area contributed by atoms with Crippen molar-refractivity contribution in [3.63, 3.8) is 0 Å². The minimum atomic E-state index is -3.63. The summed E-state index contributed by atoms with van der Waals surface area (Å²) in [6.07, 6.45) is 0.734. The molecule has 0 atom stereocenters. The van der Waals surface area contributed by atoms with Crippen molar-refractivity contribution in [1.29, 1.82) is 0 Å². The summed E-state index contributed by atoms with van der Waals surface area (Å²) in [7, 11) is -3.63. The highest BCUT2D eigenvalue weighted by Gasteiger charge is 2.18. The third-order valence-electron chi connectivity index (χ3n) is 3.18. The van der Waals surface area contributed by atoms with Crippen LogP contribution in [0.2, 0.25) is 0 Å². The Balaban J connectivity index is 2.42. The van der Waals surface area contributed by atoms with Crippen LogP contribution in [0.15, 0.2) is 45.8 Å². The van der Waals surface area contributed by atoms with E-state index in [2.05, 4.69) is 20.7 Å². The molecule has 0 aromatic heterocycles. The first kappa shape index (κ1) is 15.9. The lowest BCUT2D eigenvalue weighted by Gasteiger charge is -2.14. The van der Waals surface area contributed by atoms with Gasteiger partial charge in [0.1, 0.15) is 0 Å². The predicted molar refractivity (Wildman–Crippen MR) is 89.9 cm³/mol. The van der Waals surface area contributed by atoms with Gasteiger partial charge in [0.05, 0.1) is 10.6 Å². The van der Waals surface area contributed by atoms with Crippen LogP contribution < -0.4 is 10.5 Å². The van der Waals surface area contributed by atoms with E-state index >= 15 is 0 Å². The van der Waals surface area contributed by atoms with Crippen LogP contribution in [0.5, 0.6) is 0 Å². The predicted octanol–water partition coefficient (Wildman–Crippen LogP) is 3.70. The van der Waals surface area contributed by atoms with Crippen molar-refractivity contribution < 1.29 is 8.42 Å². The van der Waals surface area contributed by atoms with E-state index in [0.29, 0.717) is 16.9 Å². The molecule has 0 bridgehead atoms. The number of benzene rings is 2. The van der Waals surface area contributed by atoms with Gasteiger partial charge in [-0.3, -0.25) is 4.72 Å². The van der Waals surface area contributed by atoms with Gasteiger partial charge in [-0.2, -0.15) is 0 Å². The van der Waals surface area contributed by atoms with E-state index in [1.54, 1.807) is 25.1 Å². The number of halogens is 1. The Hall–Kier alpha value is -1.53. The van der Waals surface area contributed by atoms with Crippen LogP contribution in [0, 0.1) is 6.92 Å². The number of rotatable bonds is 4. The normalized spacial score (nSPS) is 11.4. The second kappa shape index (κ2) is 6.07. The molecule has 0 aliphatic heterocycles. The Morgan fingerprint density at radius 2 is 1.90 bits per heavy atom. The molecule has 4 nitrogen and oxygen atoms in total. The largest absolute Gasteiger partial charge is 0.399 e. The molecule has 0 radical (unpaired) electrons. The summed E-state index contributed by atoms with van der Waals surface area (Å²) < 4.78 is 28.6. The van der Waals surface area contributed by atoms with Crippen LogP contribution >= 0.6 is 15.9 Å². The maximum atomic E-state index is 12.5. The molecule has 0 unspecified atom stereocenters. The van der Waals surface area contributed by atoms with Crippen LogP contribution in [0.3, 0.4) is 0 Å². The first-order chi connectivity index (χ1) is 9.83. The Bertz CT molecular complexity index is 773. The summed E-state index contributed by atoms with van der Waals surface area (Å²) in [5.74, 6) is 0. The third kappa shape index (κ3) is 3.57. The number of hydrogen-bond donors (Lipinski definition) is 2. The minimum absolute atomic E-state index is 0.238. The molecule has 0 aliphatic carbocycles. The SMILES string of the molecule is CCc1cc(Br)ccc1NS(=O)(=O)c1ccc(N)cc1C. The van der Waals surface area contributed by atoms with E-state index in [-0.39, 0.29) is 4.90 Å². The van der Waals surface area contributed by atoms with Gasteiger partial charge in [-0.25, -0.2) is 8.42 Å². The van der Waals surface area contributed by atoms with Crippen molar-refractivity contribution in [2.75, 3.05) is 10.5 Å². The molecule has 0 saturated heterocycles. The van der Waals surface area contributed by atoms with Crippen LogP contribution in [0.25, 0.3) is 0 Å². The van der Waals surface area contributed by atoms with Crippen molar-refractivity contribution in [3.05, 3.63) is 52.0 Å². The fraction of sp³-hybridized carbons (Fsp3) is 0.200. The molecule has 0 heterocycles. The molecular weight excluding hydrogens is 352 g/mol. The Kier molecular flexibility index (Phi) is 4.58. The Morgan fingerprint density at radius 3 is 2.52 bits per heavy atom. The lowest BCUT2D eigenvalue weighted by atomic mass is 10.1. The first-order valence-corrected chi connectivity index (χ1v) is 8.78. The zero-order valence-corrected chi connectivity index (χ0v) is 14.3. The smallest absolute Gasteiger partial charge is 0.262 e. The van der Waals surface area contributed by atoms with Gasteiger partial charge in [0.15, 0.2) is 0 Å². The number of hydrogen-bond acceptors (Lipinski definition) is 3. The second-order valence-corrected chi connectivity index (χ2v) is 7.35. The van der Waals surface area contributed by atoms with Gasteiger partial charge in [0, 0.05) is 10.2 Å². The van der Waals surface area contributed by atoms with Crippen molar-refractivity contribution in [3.8, 4) is 0 Å². The van der Waals surface area contributed by atoms with Crippen molar-refractivity contribution >= 4 is 37.3 Å². The molecule has 0 saturated carbocycles. The summed E-state index contributed by atoms with van der Waals surface area (Å²) >= 11 is 3.39. The topological polar surface area (TPSA) is 72.2 Å². The molecule has 2 rings (SSSR count). The van der Waals surface area contributed by atoms with E-state index in [1.807, 2.05) is 19.1 Å². The van der Waals surface area contributed by atoms with Crippen molar-refractivity contribution in [2.24, 2.45) is 0 Å². The quantitative estimate of drug-likeness (QED) is 0.808. The van der Waals surface area contributed by atoms with E-state index in [1.165, 1.54) is 6.07 Å². The minimum Gasteiger partial charge on any atom is -0.399 e. The van der Waals surface area contributed by atoms with Crippen LogP contribution in [-0.4, -0.2) is 8.42 Å². The Labute approximate surface area is 133 Å². The molecule has 0 amide bonds. The van der Waals surface area contributed by atoms with Crippen LogP contribution in [0.1, 0.15) is 18.1 Å². The molecule has 3 N–H and O–H groups in total. The number of sulfonamides is 1. The fourth-order valence-electron chi connectivity index (χ4n) is 2.13. The highest BCUT2D eigenvalue weighted by atomic mass is 79.9. The van der Waals surface area contributed by atoms with Gasteiger partial charge < -0.3 is 5.73 Å². The average Bonchev–Trinajstić information content (AvgIpc) is 2.40. The van der Waals surface area contributed by atoms with Crippen LogP contribution in [0.4, 0.5) is 11.4 Å². The highest BCUT2D eigenvalue weighted by Crippen LogP contribution is 2.26. The number of nitrogens with two attached hydrogens (primary N) is 1. The molecule has 2 aromatic carbocycles. The van der Waals surface area contributed by atoms with Crippen molar-refractivity contribution in [2.45, 2.75) is 25.2 Å². The van der Waals surface area contributed by atoms with Gasteiger partial charge >= 0.3 is 0 Å². The zero-order chi connectivity index (χ0) is 15.6. The molecule has 0 aliphatic rings. The van der Waals surface area contributed by atoms with Crippen molar-refractivity contribution in [1.82, 2.24) is 0 Å². The number of anilines is 2. The first-order valence-electron chi connectivity index (χ1n) is 6.51. The van der Waals surface area contributed by atoms with E-state index < -0.39 is 10.0 Å². The van der Waals surface area contributed by atoms with Gasteiger partial charge in [-0.15, -0.1) is 0 Å².